The van der Waals surface area contributed by atoms with E-state index < -0.39 is 28.5 Å². The van der Waals surface area contributed by atoms with Crippen molar-refractivity contribution in [3.8, 4) is 0 Å². The standard InChI is InChI=1S/C32H37Cl2N3O4S/c1-22-16-23(2)18-28(17-22)37(42(40,41)29-12-8-5-9-13-29)21-31(38)36(20-25-14-15-26(33)19-30(25)34)24(3)32(39)35-27-10-6-4-7-11-27/h5,8-9,12-19,24,27H,4,6-7,10-11,20-21H2,1-3H3,(H,35,39)/t24-/m0/s1. The lowest BCUT2D eigenvalue weighted by molar-refractivity contribution is -0.139. The lowest BCUT2D eigenvalue weighted by Gasteiger charge is -2.33. The molecule has 0 aromatic heterocycles. The summed E-state index contributed by atoms with van der Waals surface area (Å²) in [5, 5.41) is 3.90. The Bertz CT molecular complexity index is 1510. The highest BCUT2D eigenvalue weighted by atomic mass is 35.5. The average molecular weight is 631 g/mol. The van der Waals surface area contributed by atoms with Gasteiger partial charge < -0.3 is 10.2 Å². The Kier molecular flexibility index (Phi) is 10.6. The molecule has 0 spiro atoms. The lowest BCUT2D eigenvalue weighted by Crippen LogP contribution is -2.53. The molecule has 1 aliphatic rings. The topological polar surface area (TPSA) is 86.8 Å². The summed E-state index contributed by atoms with van der Waals surface area (Å²) in [6, 6.07) is 17.5. The number of nitrogens with one attached hydrogen (secondary N) is 1. The quantitative estimate of drug-likeness (QED) is 0.271. The van der Waals surface area contributed by atoms with Crippen molar-refractivity contribution in [2.24, 2.45) is 0 Å². The monoisotopic (exact) mass is 629 g/mol. The Balaban J connectivity index is 1.71. The van der Waals surface area contributed by atoms with Gasteiger partial charge >= 0.3 is 0 Å². The van der Waals surface area contributed by atoms with Crippen LogP contribution in [0.3, 0.4) is 0 Å². The minimum atomic E-state index is -4.13. The summed E-state index contributed by atoms with van der Waals surface area (Å²) in [6.07, 6.45) is 5.03. The van der Waals surface area contributed by atoms with Gasteiger partial charge in [0, 0.05) is 22.6 Å². The van der Waals surface area contributed by atoms with Gasteiger partial charge in [-0.25, -0.2) is 8.42 Å². The van der Waals surface area contributed by atoms with Crippen LogP contribution >= 0.6 is 23.2 Å². The fourth-order valence-electron chi connectivity index (χ4n) is 5.33. The molecule has 42 heavy (non-hydrogen) atoms. The highest BCUT2D eigenvalue weighted by Gasteiger charge is 2.33. The van der Waals surface area contributed by atoms with Gasteiger partial charge in [-0.2, -0.15) is 0 Å². The number of rotatable bonds is 10. The summed E-state index contributed by atoms with van der Waals surface area (Å²) in [7, 11) is -4.13. The third-order valence-corrected chi connectivity index (χ3v) is 9.95. The summed E-state index contributed by atoms with van der Waals surface area (Å²) >= 11 is 12.6. The minimum absolute atomic E-state index is 0.000157. The van der Waals surface area contributed by atoms with E-state index in [1.165, 1.54) is 17.0 Å². The van der Waals surface area contributed by atoms with E-state index in [0.717, 1.165) is 47.5 Å². The first-order valence-electron chi connectivity index (χ1n) is 14.2. The second-order valence-electron chi connectivity index (χ2n) is 10.9. The molecular weight excluding hydrogens is 593 g/mol. The molecule has 1 N–H and O–H groups in total. The van der Waals surface area contributed by atoms with Gasteiger partial charge in [0.15, 0.2) is 0 Å². The van der Waals surface area contributed by atoms with E-state index in [1.807, 2.05) is 19.9 Å². The number of anilines is 1. The molecule has 1 aliphatic carbocycles. The zero-order valence-corrected chi connectivity index (χ0v) is 26.5. The molecule has 0 saturated heterocycles. The van der Waals surface area contributed by atoms with Gasteiger partial charge in [-0.15, -0.1) is 0 Å². The van der Waals surface area contributed by atoms with Crippen molar-refractivity contribution in [1.29, 1.82) is 0 Å². The molecular formula is C32H37Cl2N3O4S. The van der Waals surface area contributed by atoms with Gasteiger partial charge in [0.2, 0.25) is 11.8 Å². The number of sulfonamides is 1. The van der Waals surface area contributed by atoms with E-state index in [2.05, 4.69) is 5.32 Å². The number of nitrogens with zero attached hydrogens (tertiary/aromatic N) is 2. The van der Waals surface area contributed by atoms with Gasteiger partial charge in [-0.3, -0.25) is 13.9 Å². The molecule has 0 heterocycles. The van der Waals surface area contributed by atoms with Gasteiger partial charge in [0.25, 0.3) is 10.0 Å². The Morgan fingerprint density at radius 1 is 0.929 bits per heavy atom. The normalized spacial score (nSPS) is 14.7. The van der Waals surface area contributed by atoms with Crippen LogP contribution in [0.15, 0.2) is 71.6 Å². The molecule has 3 aromatic rings. The molecule has 0 bridgehead atoms. The molecule has 2 amide bonds. The SMILES string of the molecule is Cc1cc(C)cc(N(CC(=O)N(Cc2ccc(Cl)cc2Cl)[C@@H](C)C(=O)NC2CCCCC2)S(=O)(=O)c2ccccc2)c1. The Hall–Kier alpha value is -3.07. The molecule has 0 aliphatic heterocycles. The zero-order valence-electron chi connectivity index (χ0n) is 24.1. The Morgan fingerprint density at radius 3 is 2.19 bits per heavy atom. The molecule has 4 rings (SSSR count). The maximum atomic E-state index is 14.2. The number of aryl methyl sites for hydroxylation is 2. The second-order valence-corrected chi connectivity index (χ2v) is 13.7. The van der Waals surface area contributed by atoms with E-state index in [4.69, 9.17) is 23.2 Å². The average Bonchev–Trinajstić information content (AvgIpc) is 2.95. The largest absolute Gasteiger partial charge is 0.352 e. The number of hydrogen-bond acceptors (Lipinski definition) is 4. The van der Waals surface area contributed by atoms with Gasteiger partial charge in [-0.1, -0.05) is 72.8 Å². The third-order valence-electron chi connectivity index (χ3n) is 7.58. The maximum Gasteiger partial charge on any atom is 0.264 e. The number of halogens is 2. The van der Waals surface area contributed by atoms with Gasteiger partial charge in [0.05, 0.1) is 10.6 Å². The van der Waals surface area contributed by atoms with Crippen molar-refractivity contribution in [2.45, 2.75) is 76.4 Å². The third kappa shape index (κ3) is 7.85. The zero-order chi connectivity index (χ0) is 30.4. The van der Waals surface area contributed by atoms with E-state index in [1.54, 1.807) is 55.5 Å². The number of amides is 2. The summed E-state index contributed by atoms with van der Waals surface area (Å²) in [6.45, 7) is 4.90. The van der Waals surface area contributed by atoms with E-state index in [9.17, 15) is 18.0 Å². The van der Waals surface area contributed by atoms with Crippen molar-refractivity contribution in [3.63, 3.8) is 0 Å². The van der Waals surface area contributed by atoms with Crippen LogP contribution < -0.4 is 9.62 Å². The van der Waals surface area contributed by atoms with Crippen molar-refractivity contribution >= 4 is 50.7 Å². The highest BCUT2D eigenvalue weighted by molar-refractivity contribution is 7.92. The van der Waals surface area contributed by atoms with Gasteiger partial charge in [0.1, 0.15) is 12.6 Å². The summed E-state index contributed by atoms with van der Waals surface area (Å²) in [5.41, 5.74) is 2.68. The van der Waals surface area contributed by atoms with E-state index in [0.29, 0.717) is 21.3 Å². The first kappa shape index (κ1) is 31.9. The predicted molar refractivity (Wildman–Crippen MR) is 168 cm³/mol. The number of carbonyl (C=O) groups is 2. The fourth-order valence-corrected chi connectivity index (χ4v) is 7.21. The first-order valence-corrected chi connectivity index (χ1v) is 16.3. The molecule has 7 nitrogen and oxygen atoms in total. The number of carbonyl (C=O) groups excluding carboxylic acids is 2. The van der Waals surface area contributed by atoms with Crippen LogP contribution in [0.4, 0.5) is 5.69 Å². The lowest BCUT2D eigenvalue weighted by atomic mass is 9.95. The molecule has 0 unspecified atom stereocenters. The smallest absolute Gasteiger partial charge is 0.264 e. The van der Waals surface area contributed by atoms with Crippen molar-refractivity contribution in [1.82, 2.24) is 10.2 Å². The van der Waals surface area contributed by atoms with Crippen molar-refractivity contribution < 1.29 is 18.0 Å². The van der Waals surface area contributed by atoms with Crippen molar-refractivity contribution in [3.05, 3.63) is 93.5 Å². The summed E-state index contributed by atoms with van der Waals surface area (Å²) < 4.78 is 29.1. The number of benzene rings is 3. The molecule has 1 saturated carbocycles. The maximum absolute atomic E-state index is 14.2. The van der Waals surface area contributed by atoms with Gasteiger partial charge in [-0.05, 0) is 86.7 Å². The van der Waals surface area contributed by atoms with Crippen LogP contribution in [0.2, 0.25) is 10.0 Å². The van der Waals surface area contributed by atoms with Crippen LogP contribution in [0.5, 0.6) is 0 Å². The van der Waals surface area contributed by atoms with Crippen LogP contribution in [-0.4, -0.2) is 43.8 Å². The molecule has 1 fully saturated rings. The van der Waals surface area contributed by atoms with Crippen LogP contribution in [-0.2, 0) is 26.2 Å². The first-order chi connectivity index (χ1) is 20.0. The molecule has 224 valence electrons. The molecule has 3 aromatic carbocycles. The second kappa shape index (κ2) is 13.9. The van der Waals surface area contributed by atoms with Crippen LogP contribution in [0.25, 0.3) is 0 Å². The molecule has 10 heteroatoms. The van der Waals surface area contributed by atoms with E-state index >= 15 is 0 Å². The van der Waals surface area contributed by atoms with E-state index in [-0.39, 0.29) is 23.4 Å². The Labute approximate surface area is 258 Å². The van der Waals surface area contributed by atoms with Crippen molar-refractivity contribution in [2.75, 3.05) is 10.8 Å². The number of hydrogen-bond donors (Lipinski definition) is 1. The molecule has 1 atom stereocenters. The van der Waals surface area contributed by atoms with Crippen LogP contribution in [0, 0.1) is 13.8 Å². The fraction of sp³-hybridized carbons (Fsp3) is 0.375. The summed E-state index contributed by atoms with van der Waals surface area (Å²) in [4.78, 5) is 29.1. The summed E-state index contributed by atoms with van der Waals surface area (Å²) in [5.74, 6) is -0.824. The minimum Gasteiger partial charge on any atom is -0.352 e. The predicted octanol–water partition coefficient (Wildman–Crippen LogP) is 6.67. The Morgan fingerprint density at radius 2 is 1.57 bits per heavy atom. The highest BCUT2D eigenvalue weighted by Crippen LogP contribution is 2.28. The molecule has 0 radical (unpaired) electrons. The van der Waals surface area contributed by atoms with Crippen LogP contribution in [0.1, 0.15) is 55.7 Å².